The Bertz CT molecular complexity index is 937. The van der Waals surface area contributed by atoms with Crippen LogP contribution in [0.2, 0.25) is 0 Å². The molecule has 0 fully saturated rings. The third-order valence-electron chi connectivity index (χ3n) is 4.09. The standard InChI is InChI=1S/C22H21N3OS/c1-16(17-12-14-19(15-13-17)18-8-4-3-5-9-18)24-25-22(27)23-20-10-6-7-11-21(20)26-2/h3-15H,1-2H3,(H2,23,25,27). The minimum atomic E-state index is 0.403. The molecular formula is C22H21N3OS. The van der Waals surface area contributed by atoms with Crippen molar-refractivity contribution in [3.8, 4) is 16.9 Å². The van der Waals surface area contributed by atoms with E-state index in [1.807, 2.05) is 49.4 Å². The lowest BCUT2D eigenvalue weighted by atomic mass is 10.0. The average molecular weight is 375 g/mol. The molecule has 3 aromatic rings. The predicted octanol–water partition coefficient (Wildman–Crippen LogP) is 5.07. The fraction of sp³-hybridized carbons (Fsp3) is 0.0909. The van der Waals surface area contributed by atoms with E-state index in [0.29, 0.717) is 5.11 Å². The maximum absolute atomic E-state index is 5.31. The van der Waals surface area contributed by atoms with Gasteiger partial charge in [-0.15, -0.1) is 0 Å². The number of anilines is 1. The second-order valence-electron chi connectivity index (χ2n) is 5.91. The quantitative estimate of drug-likeness (QED) is 0.371. The van der Waals surface area contributed by atoms with Crippen LogP contribution < -0.4 is 15.5 Å². The van der Waals surface area contributed by atoms with Crippen LogP contribution in [0.4, 0.5) is 5.69 Å². The zero-order valence-corrected chi connectivity index (χ0v) is 16.1. The van der Waals surface area contributed by atoms with Crippen LogP contribution >= 0.6 is 12.2 Å². The van der Waals surface area contributed by atoms with Crippen LogP contribution in [0.15, 0.2) is 84.0 Å². The normalized spacial score (nSPS) is 11.0. The Morgan fingerprint density at radius 3 is 2.19 bits per heavy atom. The van der Waals surface area contributed by atoms with Crippen molar-refractivity contribution < 1.29 is 4.74 Å². The summed E-state index contributed by atoms with van der Waals surface area (Å²) in [5.41, 5.74) is 7.91. The van der Waals surface area contributed by atoms with Gasteiger partial charge in [-0.3, -0.25) is 5.43 Å². The number of benzene rings is 3. The molecule has 0 amide bonds. The third kappa shape index (κ3) is 4.92. The predicted molar refractivity (Wildman–Crippen MR) is 116 cm³/mol. The van der Waals surface area contributed by atoms with Crippen LogP contribution in [-0.2, 0) is 0 Å². The van der Waals surface area contributed by atoms with Gasteiger partial charge in [0.05, 0.1) is 18.5 Å². The monoisotopic (exact) mass is 375 g/mol. The third-order valence-corrected chi connectivity index (χ3v) is 4.28. The van der Waals surface area contributed by atoms with Crippen molar-refractivity contribution in [2.75, 3.05) is 12.4 Å². The van der Waals surface area contributed by atoms with Gasteiger partial charge < -0.3 is 10.1 Å². The number of nitrogens with zero attached hydrogens (tertiary/aromatic N) is 1. The first kappa shape index (κ1) is 18.6. The Kier molecular flexibility index (Phi) is 6.18. The molecule has 4 nitrogen and oxygen atoms in total. The molecule has 0 spiro atoms. The van der Waals surface area contributed by atoms with Crippen molar-refractivity contribution in [2.24, 2.45) is 5.10 Å². The van der Waals surface area contributed by atoms with Gasteiger partial charge in [-0.2, -0.15) is 5.10 Å². The van der Waals surface area contributed by atoms with Gasteiger partial charge in [0.1, 0.15) is 5.75 Å². The SMILES string of the molecule is COc1ccccc1NC(=S)NN=C(C)c1ccc(-c2ccccc2)cc1. The van der Waals surface area contributed by atoms with Gasteiger partial charge in [0, 0.05) is 0 Å². The van der Waals surface area contributed by atoms with Gasteiger partial charge in [-0.05, 0) is 48.0 Å². The molecule has 136 valence electrons. The molecule has 0 aliphatic heterocycles. The first-order valence-corrected chi connectivity index (χ1v) is 8.98. The Balaban J connectivity index is 1.64. The van der Waals surface area contributed by atoms with Crippen LogP contribution in [0, 0.1) is 0 Å². The summed E-state index contributed by atoms with van der Waals surface area (Å²) in [6.07, 6.45) is 0. The number of hydrogen-bond acceptors (Lipinski definition) is 3. The molecule has 5 heteroatoms. The van der Waals surface area contributed by atoms with E-state index < -0.39 is 0 Å². The highest BCUT2D eigenvalue weighted by molar-refractivity contribution is 7.80. The van der Waals surface area contributed by atoms with Crippen molar-refractivity contribution in [3.63, 3.8) is 0 Å². The van der Waals surface area contributed by atoms with E-state index in [1.165, 1.54) is 11.1 Å². The van der Waals surface area contributed by atoms with Crippen molar-refractivity contribution in [1.29, 1.82) is 0 Å². The smallest absolute Gasteiger partial charge is 0.191 e. The Hall–Kier alpha value is -3.18. The summed E-state index contributed by atoms with van der Waals surface area (Å²) in [6.45, 7) is 1.94. The van der Waals surface area contributed by atoms with E-state index in [9.17, 15) is 0 Å². The lowest BCUT2D eigenvalue weighted by molar-refractivity contribution is 0.417. The van der Waals surface area contributed by atoms with Gasteiger partial charge in [0.2, 0.25) is 0 Å². The molecule has 3 aromatic carbocycles. The van der Waals surface area contributed by atoms with E-state index in [2.05, 4.69) is 52.2 Å². The fourth-order valence-electron chi connectivity index (χ4n) is 2.63. The van der Waals surface area contributed by atoms with E-state index in [4.69, 9.17) is 17.0 Å². The number of ether oxygens (including phenoxy) is 1. The van der Waals surface area contributed by atoms with E-state index >= 15 is 0 Å². The summed E-state index contributed by atoms with van der Waals surface area (Å²) < 4.78 is 5.30. The summed E-state index contributed by atoms with van der Waals surface area (Å²) in [4.78, 5) is 0. The number of para-hydroxylation sites is 2. The number of thiocarbonyl (C=S) groups is 1. The van der Waals surface area contributed by atoms with Gasteiger partial charge in [-0.25, -0.2) is 0 Å². The summed E-state index contributed by atoms with van der Waals surface area (Å²) in [5, 5.41) is 7.86. The highest BCUT2D eigenvalue weighted by Gasteiger charge is 2.04. The molecule has 27 heavy (non-hydrogen) atoms. The molecule has 0 aliphatic carbocycles. The topological polar surface area (TPSA) is 45.6 Å². The Morgan fingerprint density at radius 1 is 0.852 bits per heavy atom. The van der Waals surface area contributed by atoms with Crippen LogP contribution in [0.1, 0.15) is 12.5 Å². The molecule has 0 heterocycles. The lowest BCUT2D eigenvalue weighted by Crippen LogP contribution is -2.25. The largest absolute Gasteiger partial charge is 0.495 e. The summed E-state index contributed by atoms with van der Waals surface area (Å²) in [7, 11) is 1.62. The van der Waals surface area contributed by atoms with Crippen LogP contribution in [0.5, 0.6) is 5.75 Å². The van der Waals surface area contributed by atoms with Gasteiger partial charge in [0.25, 0.3) is 0 Å². The maximum atomic E-state index is 5.31. The number of hydrazone groups is 1. The number of methoxy groups -OCH3 is 1. The minimum Gasteiger partial charge on any atom is -0.495 e. The van der Waals surface area contributed by atoms with E-state index in [1.54, 1.807) is 7.11 Å². The minimum absolute atomic E-state index is 0.403. The van der Waals surface area contributed by atoms with E-state index in [0.717, 1.165) is 22.7 Å². The van der Waals surface area contributed by atoms with E-state index in [-0.39, 0.29) is 0 Å². The van der Waals surface area contributed by atoms with Gasteiger partial charge in [0.15, 0.2) is 5.11 Å². The van der Waals surface area contributed by atoms with Crippen LogP contribution in [0.3, 0.4) is 0 Å². The lowest BCUT2D eigenvalue weighted by Gasteiger charge is -2.11. The summed E-state index contributed by atoms with van der Waals surface area (Å²) >= 11 is 5.31. The Labute approximate surface area is 164 Å². The zero-order chi connectivity index (χ0) is 19.1. The van der Waals surface area contributed by atoms with Crippen molar-refractivity contribution in [2.45, 2.75) is 6.92 Å². The van der Waals surface area contributed by atoms with Crippen molar-refractivity contribution >= 4 is 28.7 Å². The maximum Gasteiger partial charge on any atom is 0.191 e. The highest BCUT2D eigenvalue weighted by atomic mass is 32.1. The molecule has 0 bridgehead atoms. The molecule has 0 radical (unpaired) electrons. The number of nitrogens with one attached hydrogen (secondary N) is 2. The molecule has 2 N–H and O–H groups in total. The second-order valence-corrected chi connectivity index (χ2v) is 6.32. The zero-order valence-electron chi connectivity index (χ0n) is 15.3. The van der Waals surface area contributed by atoms with Crippen LogP contribution in [0.25, 0.3) is 11.1 Å². The Morgan fingerprint density at radius 2 is 1.48 bits per heavy atom. The van der Waals surface area contributed by atoms with Gasteiger partial charge in [-0.1, -0.05) is 66.7 Å². The fourth-order valence-corrected chi connectivity index (χ4v) is 2.79. The highest BCUT2D eigenvalue weighted by Crippen LogP contribution is 2.23. The van der Waals surface area contributed by atoms with Gasteiger partial charge >= 0.3 is 0 Å². The second kappa shape index (κ2) is 8.96. The number of rotatable bonds is 5. The molecular weight excluding hydrogens is 354 g/mol. The first-order valence-electron chi connectivity index (χ1n) is 8.57. The molecule has 0 saturated carbocycles. The van der Waals surface area contributed by atoms with Crippen LogP contribution in [-0.4, -0.2) is 17.9 Å². The van der Waals surface area contributed by atoms with Crippen molar-refractivity contribution in [3.05, 3.63) is 84.4 Å². The molecule has 3 rings (SSSR count). The molecule has 0 aliphatic rings. The number of hydrogen-bond donors (Lipinski definition) is 2. The molecule has 0 atom stereocenters. The molecule has 0 saturated heterocycles. The summed E-state index contributed by atoms with van der Waals surface area (Å²) in [5.74, 6) is 0.721. The molecule has 0 unspecified atom stereocenters. The summed E-state index contributed by atoms with van der Waals surface area (Å²) in [6, 6.07) is 26.2. The average Bonchev–Trinajstić information content (AvgIpc) is 2.73. The first-order chi connectivity index (χ1) is 13.2. The molecule has 0 aromatic heterocycles. The van der Waals surface area contributed by atoms with Crippen molar-refractivity contribution in [1.82, 2.24) is 5.43 Å².